The molecular weight excluding hydrogens is 112 g/mol. The lowest BCUT2D eigenvalue weighted by Crippen LogP contribution is -1.64. The van der Waals surface area contributed by atoms with E-state index in [-0.39, 0.29) is 0 Å². The Morgan fingerprint density at radius 3 is 2.00 bits per heavy atom. The largest absolute Gasteiger partial charge is 0.119 e. The van der Waals surface area contributed by atoms with E-state index in [4.69, 9.17) is 0 Å². The summed E-state index contributed by atoms with van der Waals surface area (Å²) < 4.78 is 1.29. The molecule has 0 aromatic heterocycles. The predicted octanol–water partition coefficient (Wildman–Crippen LogP) is 1.94. The van der Waals surface area contributed by atoms with E-state index in [1.54, 1.807) is 0 Å². The molecule has 0 N–H and O–H groups in total. The van der Waals surface area contributed by atoms with Crippen LogP contribution in [0, 0.1) is 0 Å². The highest BCUT2D eigenvalue weighted by atomic mass is 32.2. The molecule has 0 unspecified atom stereocenters. The van der Waals surface area contributed by atoms with Crippen molar-refractivity contribution in [3.63, 3.8) is 0 Å². The standard InChI is InChI=1S/C4H6S2/c1-4-5-2-3-6-4/h1-3H2. The first kappa shape index (κ1) is 4.60. The number of thioether (sulfide) groups is 2. The van der Waals surface area contributed by atoms with Crippen molar-refractivity contribution in [3.05, 3.63) is 10.8 Å². The third-order valence-corrected chi connectivity index (χ3v) is 3.04. The van der Waals surface area contributed by atoms with E-state index in [0.717, 1.165) is 0 Å². The van der Waals surface area contributed by atoms with E-state index in [2.05, 4.69) is 6.58 Å². The van der Waals surface area contributed by atoms with Gasteiger partial charge in [0.2, 0.25) is 0 Å². The zero-order valence-corrected chi connectivity index (χ0v) is 5.07. The fraction of sp³-hybridized carbons (Fsp3) is 0.500. The molecule has 0 nitrogen and oxygen atoms in total. The molecule has 0 atom stereocenters. The van der Waals surface area contributed by atoms with Gasteiger partial charge in [0.1, 0.15) is 0 Å². The minimum absolute atomic E-state index is 1.27. The van der Waals surface area contributed by atoms with E-state index in [0.29, 0.717) is 0 Å². The highest BCUT2D eigenvalue weighted by Crippen LogP contribution is 2.33. The molecule has 1 saturated heterocycles. The van der Waals surface area contributed by atoms with Crippen molar-refractivity contribution >= 4 is 23.5 Å². The summed E-state index contributed by atoms with van der Waals surface area (Å²) in [6.07, 6.45) is 0. The van der Waals surface area contributed by atoms with Crippen LogP contribution in [0.1, 0.15) is 0 Å². The van der Waals surface area contributed by atoms with Gasteiger partial charge < -0.3 is 0 Å². The Morgan fingerprint density at radius 1 is 1.33 bits per heavy atom. The first-order valence-electron chi connectivity index (χ1n) is 1.84. The van der Waals surface area contributed by atoms with Crippen LogP contribution in [0.3, 0.4) is 0 Å². The molecule has 1 fully saturated rings. The van der Waals surface area contributed by atoms with E-state index in [9.17, 15) is 0 Å². The van der Waals surface area contributed by atoms with Crippen LogP contribution in [0.15, 0.2) is 10.8 Å². The summed E-state index contributed by atoms with van der Waals surface area (Å²) in [7, 11) is 0. The Labute approximate surface area is 46.4 Å². The molecular formula is C4H6S2. The number of rotatable bonds is 0. The van der Waals surface area contributed by atoms with Gasteiger partial charge in [-0.1, -0.05) is 6.58 Å². The molecule has 0 aromatic rings. The molecule has 1 rings (SSSR count). The molecule has 0 amide bonds. The topological polar surface area (TPSA) is 0 Å². The van der Waals surface area contributed by atoms with Crippen LogP contribution in [-0.2, 0) is 0 Å². The quantitative estimate of drug-likeness (QED) is 0.476. The van der Waals surface area contributed by atoms with Crippen LogP contribution in [0.5, 0.6) is 0 Å². The minimum Gasteiger partial charge on any atom is -0.119 e. The normalized spacial score (nSPS) is 22.3. The fourth-order valence-electron chi connectivity index (χ4n) is 0.353. The molecule has 0 aliphatic carbocycles. The van der Waals surface area contributed by atoms with Gasteiger partial charge in [0.05, 0.1) is 0 Å². The highest BCUT2D eigenvalue weighted by Gasteiger charge is 2.02. The first-order valence-corrected chi connectivity index (χ1v) is 3.81. The highest BCUT2D eigenvalue weighted by molar-refractivity contribution is 8.25. The Bertz CT molecular complexity index is 59.9. The summed E-state index contributed by atoms with van der Waals surface area (Å²) in [5.41, 5.74) is 0. The Balaban J connectivity index is 2.37. The summed E-state index contributed by atoms with van der Waals surface area (Å²) >= 11 is 3.73. The van der Waals surface area contributed by atoms with Crippen molar-refractivity contribution < 1.29 is 0 Å². The van der Waals surface area contributed by atoms with Crippen molar-refractivity contribution in [3.8, 4) is 0 Å². The van der Waals surface area contributed by atoms with E-state index < -0.39 is 0 Å². The van der Waals surface area contributed by atoms with Gasteiger partial charge >= 0.3 is 0 Å². The van der Waals surface area contributed by atoms with Gasteiger partial charge in [0.15, 0.2) is 0 Å². The van der Waals surface area contributed by atoms with E-state index >= 15 is 0 Å². The van der Waals surface area contributed by atoms with Crippen molar-refractivity contribution in [1.82, 2.24) is 0 Å². The zero-order chi connectivity index (χ0) is 4.41. The molecule has 34 valence electrons. The first-order chi connectivity index (χ1) is 2.89. The second-order valence-corrected chi connectivity index (χ2v) is 3.71. The van der Waals surface area contributed by atoms with Crippen LogP contribution in [0.2, 0.25) is 0 Å². The summed E-state index contributed by atoms with van der Waals surface area (Å²) in [6, 6.07) is 0. The predicted molar refractivity (Wildman–Crippen MR) is 34.1 cm³/mol. The monoisotopic (exact) mass is 118 g/mol. The third kappa shape index (κ3) is 0.949. The van der Waals surface area contributed by atoms with Gasteiger partial charge in [-0.2, -0.15) is 0 Å². The van der Waals surface area contributed by atoms with Gasteiger partial charge in [-0.3, -0.25) is 0 Å². The lowest BCUT2D eigenvalue weighted by atomic mass is 11.0. The second kappa shape index (κ2) is 1.94. The Hall–Kier alpha value is 0.440. The van der Waals surface area contributed by atoms with Gasteiger partial charge in [-0.25, -0.2) is 0 Å². The summed E-state index contributed by atoms with van der Waals surface area (Å²) in [5.74, 6) is 2.53. The summed E-state index contributed by atoms with van der Waals surface area (Å²) in [4.78, 5) is 0. The minimum atomic E-state index is 1.27. The number of hydrogen-bond donors (Lipinski definition) is 0. The average Bonchev–Trinajstić information content (AvgIpc) is 1.86. The van der Waals surface area contributed by atoms with E-state index in [1.807, 2.05) is 23.5 Å². The van der Waals surface area contributed by atoms with Crippen LogP contribution < -0.4 is 0 Å². The molecule has 0 radical (unpaired) electrons. The maximum Gasteiger partial charge on any atom is 0.0329 e. The maximum atomic E-state index is 3.78. The molecule has 0 aromatic carbocycles. The van der Waals surface area contributed by atoms with Crippen LogP contribution in [0.4, 0.5) is 0 Å². The molecule has 1 aliphatic heterocycles. The maximum absolute atomic E-state index is 3.78. The SMILES string of the molecule is C=C1SCCS1. The van der Waals surface area contributed by atoms with Gasteiger partial charge in [0.25, 0.3) is 0 Å². The Morgan fingerprint density at radius 2 is 1.83 bits per heavy atom. The number of hydrogen-bond acceptors (Lipinski definition) is 2. The van der Waals surface area contributed by atoms with Crippen LogP contribution in [-0.4, -0.2) is 11.5 Å². The van der Waals surface area contributed by atoms with Crippen LogP contribution in [0.25, 0.3) is 0 Å². The molecule has 6 heavy (non-hydrogen) atoms. The smallest absolute Gasteiger partial charge is 0.0329 e. The van der Waals surface area contributed by atoms with Crippen molar-refractivity contribution in [2.24, 2.45) is 0 Å². The summed E-state index contributed by atoms with van der Waals surface area (Å²) in [5, 5.41) is 0. The zero-order valence-electron chi connectivity index (χ0n) is 3.44. The lowest BCUT2D eigenvalue weighted by Gasteiger charge is -1.79. The van der Waals surface area contributed by atoms with Gasteiger partial charge in [-0.15, -0.1) is 23.5 Å². The molecule has 1 aliphatic rings. The average molecular weight is 118 g/mol. The van der Waals surface area contributed by atoms with E-state index in [1.165, 1.54) is 15.7 Å². The third-order valence-electron chi connectivity index (χ3n) is 0.609. The fourth-order valence-corrected chi connectivity index (χ4v) is 2.31. The molecule has 2 heteroatoms. The van der Waals surface area contributed by atoms with Crippen molar-refractivity contribution in [2.45, 2.75) is 0 Å². The second-order valence-electron chi connectivity index (χ2n) is 1.07. The molecule has 1 heterocycles. The van der Waals surface area contributed by atoms with Gasteiger partial charge in [-0.05, 0) is 0 Å². The van der Waals surface area contributed by atoms with Gasteiger partial charge in [0, 0.05) is 15.7 Å². The van der Waals surface area contributed by atoms with Crippen molar-refractivity contribution in [1.29, 1.82) is 0 Å². The van der Waals surface area contributed by atoms with Crippen LogP contribution >= 0.6 is 23.5 Å². The molecule has 0 spiro atoms. The summed E-state index contributed by atoms with van der Waals surface area (Å²) in [6.45, 7) is 3.78. The molecule has 0 saturated carbocycles. The van der Waals surface area contributed by atoms with Crippen molar-refractivity contribution in [2.75, 3.05) is 11.5 Å². The lowest BCUT2D eigenvalue weighted by molar-refractivity contribution is 1.59. The Kier molecular flexibility index (Phi) is 1.48. The molecule has 0 bridgehead atoms.